The van der Waals surface area contributed by atoms with Gasteiger partial charge in [0.05, 0.1) is 29.4 Å². The van der Waals surface area contributed by atoms with Gasteiger partial charge in [-0.05, 0) is 78.1 Å². The number of hydrogen-bond acceptors (Lipinski definition) is 7. The van der Waals surface area contributed by atoms with Crippen LogP contribution in [-0.4, -0.2) is 41.8 Å². The number of amides is 1. The molecule has 1 amide bonds. The van der Waals surface area contributed by atoms with Gasteiger partial charge in [-0.15, -0.1) is 5.10 Å². The maximum atomic E-state index is 13.2. The summed E-state index contributed by atoms with van der Waals surface area (Å²) in [6, 6.07) is 20.5. The van der Waals surface area contributed by atoms with Crippen LogP contribution in [0.2, 0.25) is 0 Å². The normalized spacial score (nSPS) is 14.4. The van der Waals surface area contributed by atoms with E-state index in [2.05, 4.69) is 20.7 Å². The van der Waals surface area contributed by atoms with Crippen LogP contribution in [-0.2, 0) is 21.1 Å². The number of nitrogens with zero attached hydrogens (tertiary/aromatic N) is 3. The van der Waals surface area contributed by atoms with Crippen LogP contribution in [0, 0.1) is 5.82 Å². The number of benzene rings is 3. The molecule has 3 aromatic carbocycles. The van der Waals surface area contributed by atoms with Gasteiger partial charge >= 0.3 is 0 Å². The first kappa shape index (κ1) is 26.5. The van der Waals surface area contributed by atoms with E-state index >= 15 is 0 Å². The summed E-state index contributed by atoms with van der Waals surface area (Å²) in [4.78, 5) is 17.6. The van der Waals surface area contributed by atoms with Gasteiger partial charge in [0.1, 0.15) is 11.6 Å². The molecule has 0 saturated heterocycles. The molecule has 2 N–H and O–H groups in total. The molecule has 9 nitrogen and oxygen atoms in total. The predicted molar refractivity (Wildman–Crippen MR) is 154 cm³/mol. The fraction of sp³-hybridized carbons (Fsp3) is 0.167. The topological polar surface area (TPSA) is 115 Å². The Morgan fingerprint density at radius 3 is 2.51 bits per heavy atom. The number of hydrogen-bond donors (Lipinski definition) is 2. The quantitative estimate of drug-likeness (QED) is 0.270. The molecular formula is C30H26FN5O4S. The number of aryl methyl sites for hydroxylation is 1. The minimum absolute atomic E-state index is 0.0901. The third kappa shape index (κ3) is 5.23. The first-order valence-electron chi connectivity index (χ1n) is 12.9. The Morgan fingerprint density at radius 1 is 1.02 bits per heavy atom. The summed E-state index contributed by atoms with van der Waals surface area (Å²) in [5.74, 6) is -0.128. The van der Waals surface area contributed by atoms with Crippen molar-refractivity contribution in [2.24, 2.45) is 0 Å². The molecule has 0 fully saturated rings. The van der Waals surface area contributed by atoms with Crippen molar-refractivity contribution in [1.82, 2.24) is 14.6 Å². The van der Waals surface area contributed by atoms with Crippen molar-refractivity contribution in [2.75, 3.05) is 23.5 Å². The highest BCUT2D eigenvalue weighted by molar-refractivity contribution is 7.91. The summed E-state index contributed by atoms with van der Waals surface area (Å²) >= 11 is 0. The molecule has 0 saturated carbocycles. The molecule has 41 heavy (non-hydrogen) atoms. The van der Waals surface area contributed by atoms with E-state index in [0.717, 1.165) is 22.3 Å². The molecule has 0 bridgehead atoms. The van der Waals surface area contributed by atoms with E-state index in [1.54, 1.807) is 41.9 Å². The molecule has 2 aromatic heterocycles. The molecule has 0 radical (unpaired) electrons. The van der Waals surface area contributed by atoms with Crippen LogP contribution in [0.3, 0.4) is 0 Å². The molecular weight excluding hydrogens is 545 g/mol. The number of nitrogens with one attached hydrogen (secondary N) is 2. The number of carbonyl (C=O) groups is 1. The smallest absolute Gasteiger partial charge is 0.247 e. The van der Waals surface area contributed by atoms with Crippen molar-refractivity contribution in [1.29, 1.82) is 0 Å². The van der Waals surface area contributed by atoms with E-state index in [9.17, 15) is 17.6 Å². The third-order valence-electron chi connectivity index (χ3n) is 7.19. The van der Waals surface area contributed by atoms with Gasteiger partial charge in [-0.3, -0.25) is 4.79 Å². The monoisotopic (exact) mass is 571 g/mol. The summed E-state index contributed by atoms with van der Waals surface area (Å²) in [6.07, 6.45) is 2.25. The largest absolute Gasteiger partial charge is 0.495 e. The number of sulfone groups is 1. The average Bonchev–Trinajstić information content (AvgIpc) is 3.51. The number of ether oxygens (including phenoxy) is 1. The summed E-state index contributed by atoms with van der Waals surface area (Å²) in [6.45, 7) is 1.78. The molecule has 11 heteroatoms. The highest BCUT2D eigenvalue weighted by Gasteiger charge is 2.28. The van der Waals surface area contributed by atoms with E-state index in [1.165, 1.54) is 19.2 Å². The molecule has 0 spiro atoms. The van der Waals surface area contributed by atoms with Gasteiger partial charge in [0, 0.05) is 18.0 Å². The Bertz CT molecular complexity index is 1890. The summed E-state index contributed by atoms with van der Waals surface area (Å²) in [5, 5.41) is 10.6. The fourth-order valence-corrected chi connectivity index (χ4v) is 6.40. The Balaban J connectivity index is 1.18. The van der Waals surface area contributed by atoms with Crippen molar-refractivity contribution in [3.8, 4) is 16.9 Å². The van der Waals surface area contributed by atoms with Crippen molar-refractivity contribution in [3.63, 3.8) is 0 Å². The van der Waals surface area contributed by atoms with Gasteiger partial charge in [0.25, 0.3) is 0 Å². The maximum Gasteiger partial charge on any atom is 0.247 e. The zero-order valence-corrected chi connectivity index (χ0v) is 23.1. The van der Waals surface area contributed by atoms with Crippen LogP contribution in [0.1, 0.15) is 24.0 Å². The number of aromatic nitrogens is 3. The number of pyridine rings is 1. The van der Waals surface area contributed by atoms with Gasteiger partial charge in [-0.2, -0.15) is 4.98 Å². The second kappa shape index (κ2) is 10.3. The van der Waals surface area contributed by atoms with Crippen LogP contribution in [0.4, 0.5) is 21.7 Å². The van der Waals surface area contributed by atoms with Gasteiger partial charge in [-0.25, -0.2) is 17.3 Å². The minimum Gasteiger partial charge on any atom is -0.495 e. The number of anilines is 3. The molecule has 1 aliphatic rings. The Labute approximate surface area is 235 Å². The van der Waals surface area contributed by atoms with Crippen LogP contribution in [0.15, 0.2) is 83.9 Å². The zero-order chi connectivity index (χ0) is 28.7. The van der Waals surface area contributed by atoms with E-state index in [4.69, 9.17) is 4.74 Å². The zero-order valence-electron chi connectivity index (χ0n) is 22.3. The average molecular weight is 572 g/mol. The van der Waals surface area contributed by atoms with Crippen LogP contribution in [0.25, 0.3) is 16.8 Å². The first-order valence-corrected chi connectivity index (χ1v) is 14.6. The van der Waals surface area contributed by atoms with Crippen molar-refractivity contribution < 1.29 is 22.3 Å². The first-order chi connectivity index (χ1) is 19.7. The number of methoxy groups -OCH3 is 1. The number of halogens is 1. The van der Waals surface area contributed by atoms with Gasteiger partial charge < -0.3 is 15.4 Å². The van der Waals surface area contributed by atoms with E-state index in [1.807, 2.05) is 36.4 Å². The number of rotatable bonds is 7. The molecule has 1 aliphatic heterocycles. The Hall–Kier alpha value is -4.77. The lowest BCUT2D eigenvalue weighted by Gasteiger charge is -2.13. The third-order valence-corrected chi connectivity index (χ3v) is 8.98. The molecule has 0 aliphatic carbocycles. The lowest BCUT2D eigenvalue weighted by molar-refractivity contribution is -0.117. The standard InChI is InChI=1S/C30H26FN5O4S/c1-18(19-3-7-23(31)8-4-19)29(37)32-24-9-5-20(6-10-24)21-11-13-36-28(16-21)34-30(35-36)33-25-15-22-12-14-41(38,39)27(22)17-26(25)40-2/h3-11,13,15-18H,12,14H2,1-2H3,(H,32,37)(H,33,35)/t18-/m1/s1. The maximum absolute atomic E-state index is 13.2. The Kier molecular flexibility index (Phi) is 6.66. The van der Waals surface area contributed by atoms with Crippen LogP contribution >= 0.6 is 0 Å². The lowest BCUT2D eigenvalue weighted by Crippen LogP contribution is -2.18. The summed E-state index contributed by atoms with van der Waals surface area (Å²) in [7, 11) is -1.79. The summed E-state index contributed by atoms with van der Waals surface area (Å²) < 4.78 is 44.8. The lowest BCUT2D eigenvalue weighted by atomic mass is 10.00. The van der Waals surface area contributed by atoms with Crippen LogP contribution in [0.5, 0.6) is 5.75 Å². The second-order valence-electron chi connectivity index (χ2n) is 9.85. The molecule has 5 aromatic rings. The van der Waals surface area contributed by atoms with Crippen molar-refractivity contribution in [3.05, 3.63) is 95.9 Å². The molecule has 208 valence electrons. The van der Waals surface area contributed by atoms with Gasteiger partial charge in [-0.1, -0.05) is 24.3 Å². The number of carbonyl (C=O) groups excluding carboxylic acids is 1. The molecule has 0 unspecified atom stereocenters. The fourth-order valence-electron chi connectivity index (χ4n) is 4.85. The predicted octanol–water partition coefficient (Wildman–Crippen LogP) is 5.36. The highest BCUT2D eigenvalue weighted by Crippen LogP contribution is 2.36. The van der Waals surface area contributed by atoms with Crippen molar-refractivity contribution >= 4 is 38.7 Å². The van der Waals surface area contributed by atoms with Crippen molar-refractivity contribution in [2.45, 2.75) is 24.2 Å². The van der Waals surface area contributed by atoms with Gasteiger partial charge in [0.15, 0.2) is 15.5 Å². The van der Waals surface area contributed by atoms with Crippen LogP contribution < -0.4 is 15.4 Å². The molecule has 3 heterocycles. The highest BCUT2D eigenvalue weighted by atomic mass is 32.2. The summed E-state index contributed by atoms with van der Waals surface area (Å²) in [5.41, 5.74) is 5.16. The van der Waals surface area contributed by atoms with E-state index < -0.39 is 15.8 Å². The molecule has 6 rings (SSSR count). The molecule has 1 atom stereocenters. The number of fused-ring (bicyclic) bond motifs is 2. The second-order valence-corrected chi connectivity index (χ2v) is 11.9. The SMILES string of the molecule is COc1cc2c(cc1Nc1nc3cc(-c4ccc(NC(=O)[C@H](C)c5ccc(F)cc5)cc4)ccn3n1)CCS2(=O)=O. The Morgan fingerprint density at radius 2 is 1.78 bits per heavy atom. The minimum atomic E-state index is -3.28. The van der Waals surface area contributed by atoms with E-state index in [-0.39, 0.29) is 17.5 Å². The van der Waals surface area contributed by atoms with E-state index in [0.29, 0.717) is 40.0 Å². The van der Waals surface area contributed by atoms with Gasteiger partial charge in [0.2, 0.25) is 11.9 Å².